The maximum Gasteiger partial charge on any atom is 0.332 e. The smallest absolute Gasteiger partial charge is 0.332 e. The van der Waals surface area contributed by atoms with Gasteiger partial charge in [0.25, 0.3) is 0 Å². The molecule has 0 saturated carbocycles. The summed E-state index contributed by atoms with van der Waals surface area (Å²) in [6.07, 6.45) is 1.47. The Hall–Kier alpha value is -2.75. The lowest BCUT2D eigenvalue weighted by Crippen LogP contribution is -2.33. The van der Waals surface area contributed by atoms with E-state index < -0.39 is 0 Å². The molecule has 4 heteroatoms. The second-order valence-corrected chi connectivity index (χ2v) is 4.68. The molecule has 1 N–H and O–H groups in total. The molecule has 0 spiro atoms. The van der Waals surface area contributed by atoms with E-state index in [2.05, 4.69) is 5.43 Å². The Labute approximate surface area is 131 Å². The predicted octanol–water partition coefficient (Wildman–Crippen LogP) is 3.23. The molecule has 0 atom stereocenters. The average Bonchev–Trinajstić information content (AvgIpc) is 2.56. The van der Waals surface area contributed by atoms with Crippen molar-refractivity contribution in [3.05, 3.63) is 72.3 Å². The molecule has 0 aliphatic heterocycles. The van der Waals surface area contributed by atoms with Gasteiger partial charge in [0.15, 0.2) is 0 Å². The van der Waals surface area contributed by atoms with E-state index in [-0.39, 0.29) is 5.97 Å². The van der Waals surface area contributed by atoms with E-state index in [0.717, 1.165) is 11.3 Å². The molecule has 2 aromatic carbocycles. The summed E-state index contributed by atoms with van der Waals surface area (Å²) >= 11 is 0. The summed E-state index contributed by atoms with van der Waals surface area (Å²) in [5.41, 5.74) is 5.83. The SMILES string of the molecule is CCOC(=O)/C=C(/NN(C)c1ccccc1)c1ccccc1. The average molecular weight is 296 g/mol. The van der Waals surface area contributed by atoms with Crippen molar-refractivity contribution >= 4 is 17.4 Å². The molecule has 0 aliphatic rings. The number of para-hydroxylation sites is 1. The molecule has 0 radical (unpaired) electrons. The zero-order chi connectivity index (χ0) is 15.8. The first-order valence-electron chi connectivity index (χ1n) is 7.20. The summed E-state index contributed by atoms with van der Waals surface area (Å²) in [5, 5.41) is 1.86. The maximum atomic E-state index is 11.8. The van der Waals surface area contributed by atoms with E-state index in [1.807, 2.05) is 72.7 Å². The Morgan fingerprint density at radius 3 is 2.27 bits per heavy atom. The van der Waals surface area contributed by atoms with E-state index >= 15 is 0 Å². The Morgan fingerprint density at radius 1 is 1.09 bits per heavy atom. The van der Waals surface area contributed by atoms with Crippen molar-refractivity contribution in [3.63, 3.8) is 0 Å². The van der Waals surface area contributed by atoms with Crippen LogP contribution in [-0.4, -0.2) is 19.6 Å². The number of ether oxygens (including phenoxy) is 1. The van der Waals surface area contributed by atoms with Crippen molar-refractivity contribution in [1.29, 1.82) is 0 Å². The van der Waals surface area contributed by atoms with Gasteiger partial charge >= 0.3 is 5.97 Å². The summed E-state index contributed by atoms with van der Waals surface area (Å²) < 4.78 is 5.01. The third kappa shape index (κ3) is 4.38. The van der Waals surface area contributed by atoms with Crippen LogP contribution in [0.1, 0.15) is 12.5 Å². The minimum absolute atomic E-state index is 0.353. The molecular formula is C18H20N2O2. The first kappa shape index (κ1) is 15.6. The topological polar surface area (TPSA) is 41.6 Å². The van der Waals surface area contributed by atoms with Crippen molar-refractivity contribution in [2.45, 2.75) is 6.92 Å². The van der Waals surface area contributed by atoms with Gasteiger partial charge in [0, 0.05) is 13.1 Å². The monoisotopic (exact) mass is 296 g/mol. The Balaban J connectivity index is 2.23. The van der Waals surface area contributed by atoms with Gasteiger partial charge < -0.3 is 4.74 Å². The lowest BCUT2D eigenvalue weighted by molar-refractivity contribution is -0.137. The number of nitrogens with zero attached hydrogens (tertiary/aromatic N) is 1. The fourth-order valence-electron chi connectivity index (χ4n) is 2.00. The maximum absolute atomic E-state index is 11.8. The van der Waals surface area contributed by atoms with E-state index in [9.17, 15) is 4.79 Å². The van der Waals surface area contributed by atoms with Crippen LogP contribution in [0.2, 0.25) is 0 Å². The van der Waals surface area contributed by atoms with E-state index in [4.69, 9.17) is 4.74 Å². The van der Waals surface area contributed by atoms with Crippen LogP contribution in [0.5, 0.6) is 0 Å². The van der Waals surface area contributed by atoms with Gasteiger partial charge in [-0.1, -0.05) is 48.5 Å². The van der Waals surface area contributed by atoms with Crippen molar-refractivity contribution < 1.29 is 9.53 Å². The number of nitrogens with one attached hydrogen (secondary N) is 1. The molecule has 2 rings (SSSR count). The summed E-state index contributed by atoms with van der Waals surface area (Å²) in [6.45, 7) is 2.14. The number of hydrazine groups is 1. The first-order chi connectivity index (χ1) is 10.7. The fraction of sp³-hybridized carbons (Fsp3) is 0.167. The van der Waals surface area contributed by atoms with Crippen LogP contribution < -0.4 is 10.4 Å². The molecular weight excluding hydrogens is 276 g/mol. The molecule has 0 bridgehead atoms. The van der Waals surface area contributed by atoms with E-state index in [1.54, 1.807) is 6.92 Å². The lowest BCUT2D eigenvalue weighted by atomic mass is 10.1. The number of carbonyl (C=O) groups excluding carboxylic acids is 1. The van der Waals surface area contributed by atoms with Gasteiger partial charge in [-0.05, 0) is 24.6 Å². The molecule has 0 saturated heterocycles. The van der Waals surface area contributed by atoms with Crippen molar-refractivity contribution in [3.8, 4) is 0 Å². The third-order valence-corrected chi connectivity index (χ3v) is 3.07. The number of hydrogen-bond acceptors (Lipinski definition) is 4. The van der Waals surface area contributed by atoms with Gasteiger partial charge in [0.1, 0.15) is 0 Å². The highest BCUT2D eigenvalue weighted by Crippen LogP contribution is 2.15. The standard InChI is InChI=1S/C18H20N2O2/c1-3-22-18(21)14-17(15-10-6-4-7-11-15)19-20(2)16-12-8-5-9-13-16/h4-14,19H,3H2,1-2H3/b17-14+. The third-order valence-electron chi connectivity index (χ3n) is 3.07. The first-order valence-corrected chi connectivity index (χ1v) is 7.20. The highest BCUT2D eigenvalue weighted by molar-refractivity contribution is 5.91. The number of esters is 1. The van der Waals surface area contributed by atoms with Crippen LogP contribution in [0.3, 0.4) is 0 Å². The normalized spacial score (nSPS) is 10.9. The number of hydrogen-bond donors (Lipinski definition) is 1. The quantitative estimate of drug-likeness (QED) is 0.505. The second kappa shape index (κ2) is 7.88. The summed E-state index contributed by atoms with van der Waals surface area (Å²) in [7, 11) is 1.90. The van der Waals surface area contributed by atoms with Gasteiger partial charge in [0.05, 0.1) is 18.0 Å². The Bertz CT molecular complexity index is 624. The zero-order valence-corrected chi connectivity index (χ0v) is 12.8. The summed E-state index contributed by atoms with van der Waals surface area (Å²) in [6, 6.07) is 19.5. The van der Waals surface area contributed by atoms with E-state index in [1.165, 1.54) is 6.08 Å². The molecule has 0 unspecified atom stereocenters. The highest BCUT2D eigenvalue weighted by Gasteiger charge is 2.08. The van der Waals surface area contributed by atoms with Gasteiger partial charge in [-0.15, -0.1) is 0 Å². The number of rotatable bonds is 6. The van der Waals surface area contributed by atoms with Gasteiger partial charge in [0.2, 0.25) is 0 Å². The van der Waals surface area contributed by atoms with Crippen molar-refractivity contribution in [1.82, 2.24) is 5.43 Å². The molecule has 0 aliphatic carbocycles. The van der Waals surface area contributed by atoms with Crippen molar-refractivity contribution in [2.75, 3.05) is 18.7 Å². The van der Waals surface area contributed by atoms with Crippen LogP contribution in [0.25, 0.3) is 5.70 Å². The van der Waals surface area contributed by atoms with E-state index in [0.29, 0.717) is 12.3 Å². The summed E-state index contributed by atoms with van der Waals surface area (Å²) in [4.78, 5) is 11.8. The lowest BCUT2D eigenvalue weighted by Gasteiger charge is -2.23. The molecule has 0 heterocycles. The van der Waals surface area contributed by atoms with Crippen LogP contribution >= 0.6 is 0 Å². The minimum Gasteiger partial charge on any atom is -0.463 e. The van der Waals surface area contributed by atoms with Crippen LogP contribution in [0, 0.1) is 0 Å². The van der Waals surface area contributed by atoms with Crippen LogP contribution in [-0.2, 0) is 9.53 Å². The largest absolute Gasteiger partial charge is 0.463 e. The molecule has 2 aromatic rings. The predicted molar refractivity (Wildman–Crippen MR) is 89.0 cm³/mol. The fourth-order valence-corrected chi connectivity index (χ4v) is 2.00. The zero-order valence-electron chi connectivity index (χ0n) is 12.8. The molecule has 114 valence electrons. The highest BCUT2D eigenvalue weighted by atomic mass is 16.5. The number of carbonyl (C=O) groups is 1. The van der Waals surface area contributed by atoms with Crippen molar-refractivity contribution in [2.24, 2.45) is 0 Å². The second-order valence-electron chi connectivity index (χ2n) is 4.68. The molecule has 0 amide bonds. The van der Waals surface area contributed by atoms with Gasteiger partial charge in [-0.2, -0.15) is 0 Å². The number of anilines is 1. The van der Waals surface area contributed by atoms with Crippen LogP contribution in [0.4, 0.5) is 5.69 Å². The molecule has 0 aromatic heterocycles. The Morgan fingerprint density at radius 2 is 1.68 bits per heavy atom. The van der Waals surface area contributed by atoms with Gasteiger partial charge in [-0.3, -0.25) is 10.4 Å². The molecule has 22 heavy (non-hydrogen) atoms. The molecule has 4 nitrogen and oxygen atoms in total. The minimum atomic E-state index is -0.365. The van der Waals surface area contributed by atoms with Gasteiger partial charge in [-0.25, -0.2) is 4.79 Å². The number of benzene rings is 2. The molecule has 0 fully saturated rings. The Kier molecular flexibility index (Phi) is 5.60. The van der Waals surface area contributed by atoms with Crippen LogP contribution in [0.15, 0.2) is 66.7 Å². The summed E-state index contributed by atoms with van der Waals surface area (Å²) in [5.74, 6) is -0.365.